The Bertz CT molecular complexity index is 398. The second-order valence-corrected chi connectivity index (χ2v) is 2.79. The van der Waals surface area contributed by atoms with Gasteiger partial charge in [-0.2, -0.15) is 14.0 Å². The lowest BCUT2D eigenvalue weighted by atomic mass is 10.3. The Balaban J connectivity index is 2.58. The van der Waals surface area contributed by atoms with Crippen LogP contribution in [0.25, 0.3) is 0 Å². The molecule has 0 fully saturated rings. The normalized spacial score (nSPS) is 9.62. The highest BCUT2D eigenvalue weighted by molar-refractivity contribution is 5.92. The first-order valence-corrected chi connectivity index (χ1v) is 4.33. The van der Waals surface area contributed by atoms with Crippen LogP contribution in [0.2, 0.25) is 0 Å². The lowest BCUT2D eigenvalue weighted by molar-refractivity contribution is -0.115. The molecule has 0 atom stereocenters. The van der Waals surface area contributed by atoms with E-state index in [2.05, 4.69) is 10.1 Å². The molecule has 1 aromatic rings. The zero-order valence-electron chi connectivity index (χ0n) is 8.11. The van der Waals surface area contributed by atoms with Gasteiger partial charge in [0, 0.05) is 5.69 Å². The van der Waals surface area contributed by atoms with Gasteiger partial charge in [-0.25, -0.2) is 0 Å². The SMILES string of the molecule is N#CCC(=O)Nc1ccc(OC(F)F)cc1. The number of hydrogen-bond donors (Lipinski definition) is 1. The number of ether oxygens (including phenoxy) is 1. The maximum Gasteiger partial charge on any atom is 0.387 e. The Morgan fingerprint density at radius 2 is 2.06 bits per heavy atom. The second kappa shape index (κ2) is 5.66. The Morgan fingerprint density at radius 1 is 1.44 bits per heavy atom. The van der Waals surface area contributed by atoms with E-state index in [1.807, 2.05) is 0 Å². The fraction of sp³-hybridized carbons (Fsp3) is 0.200. The van der Waals surface area contributed by atoms with Gasteiger partial charge in [-0.1, -0.05) is 0 Å². The molecule has 16 heavy (non-hydrogen) atoms. The third kappa shape index (κ3) is 3.92. The molecular weight excluding hydrogens is 218 g/mol. The molecule has 0 bridgehead atoms. The highest BCUT2D eigenvalue weighted by atomic mass is 19.3. The monoisotopic (exact) mass is 226 g/mol. The number of amides is 1. The van der Waals surface area contributed by atoms with Crippen LogP contribution < -0.4 is 10.1 Å². The lowest BCUT2D eigenvalue weighted by Crippen LogP contribution is -2.10. The molecule has 0 saturated carbocycles. The molecule has 0 saturated heterocycles. The van der Waals surface area contributed by atoms with Crippen LogP contribution in [0.1, 0.15) is 6.42 Å². The third-order valence-corrected chi connectivity index (χ3v) is 1.60. The maximum absolute atomic E-state index is 11.8. The summed E-state index contributed by atoms with van der Waals surface area (Å²) in [5.41, 5.74) is 0.418. The summed E-state index contributed by atoms with van der Waals surface area (Å²) in [6.07, 6.45) is -0.255. The van der Waals surface area contributed by atoms with Crippen LogP contribution >= 0.6 is 0 Å². The van der Waals surface area contributed by atoms with Crippen LogP contribution in [0, 0.1) is 11.3 Å². The topological polar surface area (TPSA) is 62.1 Å². The fourth-order valence-electron chi connectivity index (χ4n) is 0.997. The molecule has 1 N–H and O–H groups in total. The van der Waals surface area contributed by atoms with Gasteiger partial charge in [0.15, 0.2) is 0 Å². The smallest absolute Gasteiger partial charge is 0.387 e. The lowest BCUT2D eigenvalue weighted by Gasteiger charge is -2.06. The molecule has 0 aliphatic carbocycles. The number of anilines is 1. The minimum atomic E-state index is -2.88. The van der Waals surface area contributed by atoms with Gasteiger partial charge in [-0.15, -0.1) is 0 Å². The number of nitriles is 1. The van der Waals surface area contributed by atoms with Crippen molar-refractivity contribution in [1.82, 2.24) is 0 Å². The van der Waals surface area contributed by atoms with E-state index in [4.69, 9.17) is 5.26 Å². The van der Waals surface area contributed by atoms with Gasteiger partial charge >= 0.3 is 6.61 Å². The minimum Gasteiger partial charge on any atom is -0.435 e. The molecule has 0 spiro atoms. The van der Waals surface area contributed by atoms with E-state index >= 15 is 0 Å². The number of rotatable bonds is 4. The van der Waals surface area contributed by atoms with E-state index in [9.17, 15) is 13.6 Å². The van der Waals surface area contributed by atoms with Crippen molar-refractivity contribution < 1.29 is 18.3 Å². The maximum atomic E-state index is 11.8. The van der Waals surface area contributed by atoms with Crippen LogP contribution in [0.15, 0.2) is 24.3 Å². The highest BCUT2D eigenvalue weighted by Gasteiger charge is 2.04. The summed E-state index contributed by atoms with van der Waals surface area (Å²) in [6.45, 7) is -2.88. The molecule has 0 aromatic heterocycles. The molecular formula is C10H8F2N2O2. The molecule has 6 heteroatoms. The van der Waals surface area contributed by atoms with Crippen LogP contribution in [-0.2, 0) is 4.79 Å². The van der Waals surface area contributed by atoms with Gasteiger partial charge in [-0.3, -0.25) is 4.79 Å². The van der Waals surface area contributed by atoms with E-state index in [0.717, 1.165) is 0 Å². The summed E-state index contributed by atoms with van der Waals surface area (Å²) in [5, 5.41) is 10.7. The molecule has 1 amide bonds. The molecule has 84 valence electrons. The molecule has 0 aliphatic heterocycles. The van der Waals surface area contributed by atoms with E-state index in [-0.39, 0.29) is 12.2 Å². The van der Waals surface area contributed by atoms with E-state index in [0.29, 0.717) is 5.69 Å². The van der Waals surface area contributed by atoms with Crippen LogP contribution in [0.5, 0.6) is 5.75 Å². The summed E-state index contributed by atoms with van der Waals surface area (Å²) in [7, 11) is 0. The molecule has 0 unspecified atom stereocenters. The van der Waals surface area contributed by atoms with Crippen molar-refractivity contribution in [1.29, 1.82) is 5.26 Å². The molecule has 0 aliphatic rings. The summed E-state index contributed by atoms with van der Waals surface area (Å²) in [4.78, 5) is 11.0. The van der Waals surface area contributed by atoms with Crippen LogP contribution in [0.3, 0.4) is 0 Å². The minimum absolute atomic E-state index is 0.00767. The molecule has 0 radical (unpaired) electrons. The predicted molar refractivity (Wildman–Crippen MR) is 51.9 cm³/mol. The van der Waals surface area contributed by atoms with Crippen molar-refractivity contribution in [3.05, 3.63) is 24.3 Å². The van der Waals surface area contributed by atoms with Gasteiger partial charge < -0.3 is 10.1 Å². The Kier molecular flexibility index (Phi) is 4.21. The average molecular weight is 226 g/mol. The van der Waals surface area contributed by atoms with Gasteiger partial charge in [0.1, 0.15) is 12.2 Å². The standard InChI is InChI=1S/C10H8F2N2O2/c11-10(12)16-8-3-1-7(2-4-8)14-9(15)5-6-13/h1-4,10H,5H2,(H,14,15). The van der Waals surface area contributed by atoms with Crippen LogP contribution in [-0.4, -0.2) is 12.5 Å². The number of alkyl halides is 2. The fourth-order valence-corrected chi connectivity index (χ4v) is 0.997. The first-order chi connectivity index (χ1) is 7.61. The Morgan fingerprint density at radius 3 is 2.56 bits per heavy atom. The number of carbonyl (C=O) groups is 1. The number of nitrogens with zero attached hydrogens (tertiary/aromatic N) is 1. The first kappa shape index (κ1) is 11.9. The van der Waals surface area contributed by atoms with E-state index in [1.165, 1.54) is 24.3 Å². The van der Waals surface area contributed by atoms with Crippen molar-refractivity contribution in [2.24, 2.45) is 0 Å². The van der Waals surface area contributed by atoms with Gasteiger partial charge in [0.2, 0.25) is 5.91 Å². The summed E-state index contributed by atoms with van der Waals surface area (Å²) in [6, 6.07) is 7.11. The number of benzene rings is 1. The molecule has 1 rings (SSSR count). The molecule has 1 aromatic carbocycles. The van der Waals surface area contributed by atoms with Gasteiger partial charge in [0.25, 0.3) is 0 Å². The van der Waals surface area contributed by atoms with E-state index < -0.39 is 12.5 Å². The highest BCUT2D eigenvalue weighted by Crippen LogP contribution is 2.17. The third-order valence-electron chi connectivity index (χ3n) is 1.60. The van der Waals surface area contributed by atoms with Gasteiger partial charge in [-0.05, 0) is 24.3 Å². The van der Waals surface area contributed by atoms with E-state index in [1.54, 1.807) is 6.07 Å². The van der Waals surface area contributed by atoms with Gasteiger partial charge in [0.05, 0.1) is 6.07 Å². The zero-order chi connectivity index (χ0) is 12.0. The number of carbonyl (C=O) groups excluding carboxylic acids is 1. The summed E-state index contributed by atoms with van der Waals surface area (Å²) >= 11 is 0. The zero-order valence-corrected chi connectivity index (χ0v) is 8.11. The first-order valence-electron chi connectivity index (χ1n) is 4.33. The molecule has 4 nitrogen and oxygen atoms in total. The summed E-state index contributed by atoms with van der Waals surface area (Å²) in [5.74, 6) is -0.446. The van der Waals surface area contributed by atoms with Crippen molar-refractivity contribution >= 4 is 11.6 Å². The number of nitrogens with one attached hydrogen (secondary N) is 1. The average Bonchev–Trinajstić information content (AvgIpc) is 2.20. The largest absolute Gasteiger partial charge is 0.435 e. The summed E-state index contributed by atoms with van der Waals surface area (Å²) < 4.78 is 27.7. The second-order valence-electron chi connectivity index (χ2n) is 2.79. The van der Waals surface area contributed by atoms with Crippen molar-refractivity contribution in [2.75, 3.05) is 5.32 Å². The Hall–Kier alpha value is -2.16. The number of halogens is 2. The quantitative estimate of drug-likeness (QED) is 0.855. The van der Waals surface area contributed by atoms with Crippen LogP contribution in [0.4, 0.5) is 14.5 Å². The molecule has 0 heterocycles. The van der Waals surface area contributed by atoms with Crippen molar-refractivity contribution in [3.63, 3.8) is 0 Å². The predicted octanol–water partition coefficient (Wildman–Crippen LogP) is 2.14. The van der Waals surface area contributed by atoms with Crippen molar-refractivity contribution in [3.8, 4) is 11.8 Å². The van der Waals surface area contributed by atoms with Crippen molar-refractivity contribution in [2.45, 2.75) is 13.0 Å². The number of hydrogen-bond acceptors (Lipinski definition) is 3. The Labute approximate surface area is 90.4 Å².